The molecule has 2 nitrogen and oxygen atoms in total. The molecule has 0 saturated heterocycles. The molecule has 2 heteroatoms. The fourth-order valence-electron chi connectivity index (χ4n) is 1.29. The van der Waals surface area contributed by atoms with E-state index >= 15 is 0 Å². The van der Waals surface area contributed by atoms with Crippen molar-refractivity contribution in [1.82, 2.24) is 0 Å². The molecule has 2 unspecified atom stereocenters. The molecular formula is C18H42O2. The van der Waals surface area contributed by atoms with E-state index in [1.165, 1.54) is 32.1 Å². The van der Waals surface area contributed by atoms with Crippen LogP contribution in [0, 0.1) is 11.8 Å². The van der Waals surface area contributed by atoms with Crippen molar-refractivity contribution < 1.29 is 9.47 Å². The van der Waals surface area contributed by atoms with Crippen LogP contribution in [0.25, 0.3) is 0 Å². The summed E-state index contributed by atoms with van der Waals surface area (Å²) in [5.74, 6) is 1.46. The third-order valence-corrected chi connectivity index (χ3v) is 3.29. The van der Waals surface area contributed by atoms with Gasteiger partial charge in [-0.15, -0.1) is 0 Å². The Labute approximate surface area is 129 Å². The molecule has 2 atom stereocenters. The number of ether oxygens (including phenoxy) is 2. The van der Waals surface area contributed by atoms with Gasteiger partial charge in [-0.2, -0.15) is 0 Å². The number of hydrogen-bond acceptors (Lipinski definition) is 2. The molecule has 0 bridgehead atoms. The second kappa shape index (κ2) is 21.2. The maximum atomic E-state index is 5.49. The van der Waals surface area contributed by atoms with Crippen LogP contribution in [0.15, 0.2) is 0 Å². The summed E-state index contributed by atoms with van der Waals surface area (Å²) in [6.45, 7) is 16.8. The molecule has 0 aromatic carbocycles. The van der Waals surface area contributed by atoms with Crippen molar-refractivity contribution in [3.8, 4) is 0 Å². The van der Waals surface area contributed by atoms with Crippen LogP contribution in [0.1, 0.15) is 81.1 Å². The molecule has 0 aromatic rings. The Morgan fingerprint density at radius 1 is 0.750 bits per heavy atom. The summed E-state index contributed by atoms with van der Waals surface area (Å²) in [5.41, 5.74) is 0. The second-order valence-electron chi connectivity index (χ2n) is 5.47. The molecule has 0 aromatic heterocycles. The van der Waals surface area contributed by atoms with E-state index in [0.717, 1.165) is 38.3 Å². The smallest absolute Gasteiger partial charge is 0.0491 e. The summed E-state index contributed by atoms with van der Waals surface area (Å²) in [7, 11) is 0. The Morgan fingerprint density at radius 3 is 1.65 bits per heavy atom. The van der Waals surface area contributed by atoms with Gasteiger partial charge >= 0.3 is 0 Å². The molecule has 0 fully saturated rings. The van der Waals surface area contributed by atoms with Crippen LogP contribution in [0.2, 0.25) is 0 Å². The van der Waals surface area contributed by atoms with Crippen LogP contribution >= 0.6 is 0 Å². The zero-order valence-electron chi connectivity index (χ0n) is 14.3. The molecule has 0 amide bonds. The topological polar surface area (TPSA) is 18.5 Å². The Kier molecular flexibility index (Phi) is 26.4. The molecule has 0 N–H and O–H groups in total. The first-order valence-electron chi connectivity index (χ1n) is 8.27. The lowest BCUT2D eigenvalue weighted by Gasteiger charge is -2.08. The van der Waals surface area contributed by atoms with E-state index in [-0.39, 0.29) is 7.43 Å². The summed E-state index contributed by atoms with van der Waals surface area (Å²) >= 11 is 0. The highest BCUT2D eigenvalue weighted by Crippen LogP contribution is 2.02. The first kappa shape index (κ1) is 24.9. The highest BCUT2D eigenvalue weighted by molar-refractivity contribution is 4.46. The fourth-order valence-corrected chi connectivity index (χ4v) is 1.29. The summed E-state index contributed by atoms with van der Waals surface area (Å²) in [4.78, 5) is 0. The zero-order valence-corrected chi connectivity index (χ0v) is 14.3. The Hall–Kier alpha value is -0.0800. The Morgan fingerprint density at radius 2 is 1.25 bits per heavy atom. The van der Waals surface area contributed by atoms with E-state index in [9.17, 15) is 0 Å². The molecule has 0 aliphatic heterocycles. The molecule has 0 rings (SSSR count). The highest BCUT2D eigenvalue weighted by Gasteiger charge is 1.97. The normalized spacial score (nSPS) is 12.9. The average molecular weight is 291 g/mol. The standard InChI is InChI=1S/C10H22O.C7H16O.CH4/c1-4-6-7-8-11-9-10(3)5-2;1-4-7(3)6-8-5-2;/h10H,4-9H2,1-3H3;7H,4-6H2,1-3H3;1H4. The van der Waals surface area contributed by atoms with Crippen molar-refractivity contribution in [2.75, 3.05) is 26.4 Å². The van der Waals surface area contributed by atoms with Gasteiger partial charge in [0, 0.05) is 26.4 Å². The predicted octanol–water partition coefficient (Wildman–Crippen LogP) is 5.94. The first-order chi connectivity index (χ1) is 9.12. The van der Waals surface area contributed by atoms with Gasteiger partial charge in [0.15, 0.2) is 0 Å². The zero-order chi connectivity index (χ0) is 14.9. The summed E-state index contributed by atoms with van der Waals surface area (Å²) in [6, 6.07) is 0. The molecular weight excluding hydrogens is 248 g/mol. The molecule has 0 heterocycles. The van der Waals surface area contributed by atoms with Gasteiger partial charge in [-0.25, -0.2) is 0 Å². The van der Waals surface area contributed by atoms with Gasteiger partial charge in [0.25, 0.3) is 0 Å². The van der Waals surface area contributed by atoms with Crippen LogP contribution in [0.4, 0.5) is 0 Å². The third kappa shape index (κ3) is 23.0. The molecule has 0 saturated carbocycles. The van der Waals surface area contributed by atoms with Crippen molar-refractivity contribution in [3.05, 3.63) is 0 Å². The number of hydrogen-bond donors (Lipinski definition) is 0. The van der Waals surface area contributed by atoms with Gasteiger partial charge in [0.05, 0.1) is 0 Å². The van der Waals surface area contributed by atoms with E-state index in [0.29, 0.717) is 0 Å². The van der Waals surface area contributed by atoms with Gasteiger partial charge in [-0.05, 0) is 25.2 Å². The van der Waals surface area contributed by atoms with Crippen molar-refractivity contribution in [3.63, 3.8) is 0 Å². The van der Waals surface area contributed by atoms with E-state index < -0.39 is 0 Å². The fraction of sp³-hybridized carbons (Fsp3) is 1.00. The van der Waals surface area contributed by atoms with Gasteiger partial charge in [-0.1, -0.05) is 67.7 Å². The third-order valence-electron chi connectivity index (χ3n) is 3.29. The maximum absolute atomic E-state index is 5.49. The van der Waals surface area contributed by atoms with E-state index in [4.69, 9.17) is 9.47 Å². The molecule has 0 aliphatic carbocycles. The first-order valence-corrected chi connectivity index (χ1v) is 8.27. The minimum Gasteiger partial charge on any atom is -0.381 e. The number of unbranched alkanes of at least 4 members (excludes halogenated alkanes) is 2. The molecule has 0 radical (unpaired) electrons. The molecule has 0 aliphatic rings. The molecule has 20 heavy (non-hydrogen) atoms. The average Bonchev–Trinajstić information content (AvgIpc) is 2.44. The van der Waals surface area contributed by atoms with Crippen LogP contribution in [-0.4, -0.2) is 26.4 Å². The van der Waals surface area contributed by atoms with E-state index in [1.54, 1.807) is 0 Å². The van der Waals surface area contributed by atoms with Crippen molar-refractivity contribution in [2.45, 2.75) is 81.1 Å². The van der Waals surface area contributed by atoms with Gasteiger partial charge in [0.2, 0.25) is 0 Å². The maximum Gasteiger partial charge on any atom is 0.0491 e. The van der Waals surface area contributed by atoms with Gasteiger partial charge in [-0.3, -0.25) is 0 Å². The lowest BCUT2D eigenvalue weighted by molar-refractivity contribution is 0.100. The highest BCUT2D eigenvalue weighted by atomic mass is 16.5. The second-order valence-corrected chi connectivity index (χ2v) is 5.47. The lowest BCUT2D eigenvalue weighted by atomic mass is 10.1. The van der Waals surface area contributed by atoms with Crippen molar-refractivity contribution >= 4 is 0 Å². The van der Waals surface area contributed by atoms with Crippen LogP contribution in [0.5, 0.6) is 0 Å². The minimum atomic E-state index is 0. The van der Waals surface area contributed by atoms with Gasteiger partial charge in [0.1, 0.15) is 0 Å². The quantitative estimate of drug-likeness (QED) is 0.438. The van der Waals surface area contributed by atoms with E-state index in [1.807, 2.05) is 6.92 Å². The van der Waals surface area contributed by atoms with Crippen LogP contribution in [-0.2, 0) is 9.47 Å². The van der Waals surface area contributed by atoms with Crippen molar-refractivity contribution in [1.29, 1.82) is 0 Å². The SMILES string of the molecule is C.CCCCCOCC(C)CC.CCOCC(C)CC. The van der Waals surface area contributed by atoms with Crippen LogP contribution < -0.4 is 0 Å². The van der Waals surface area contributed by atoms with Crippen molar-refractivity contribution in [2.24, 2.45) is 11.8 Å². The minimum absolute atomic E-state index is 0. The van der Waals surface area contributed by atoms with E-state index in [2.05, 4.69) is 34.6 Å². The predicted molar refractivity (Wildman–Crippen MR) is 92.5 cm³/mol. The summed E-state index contributed by atoms with van der Waals surface area (Å²) in [6.07, 6.45) is 6.27. The summed E-state index contributed by atoms with van der Waals surface area (Å²) < 4.78 is 10.7. The summed E-state index contributed by atoms with van der Waals surface area (Å²) in [5, 5.41) is 0. The number of rotatable bonds is 11. The largest absolute Gasteiger partial charge is 0.381 e. The van der Waals surface area contributed by atoms with Crippen LogP contribution in [0.3, 0.4) is 0 Å². The Balaban J connectivity index is -0.000000288. The Bertz CT molecular complexity index is 148. The van der Waals surface area contributed by atoms with Gasteiger partial charge < -0.3 is 9.47 Å². The monoisotopic (exact) mass is 290 g/mol. The molecule has 126 valence electrons. The lowest BCUT2D eigenvalue weighted by Crippen LogP contribution is -2.05. The molecule has 0 spiro atoms.